The summed E-state index contributed by atoms with van der Waals surface area (Å²) in [6, 6.07) is 2.77. The molecule has 1 N–H and O–H groups in total. The van der Waals surface area contributed by atoms with Gasteiger partial charge < -0.3 is 14.5 Å². The van der Waals surface area contributed by atoms with E-state index in [0.717, 1.165) is 11.1 Å². The van der Waals surface area contributed by atoms with Gasteiger partial charge in [0.25, 0.3) is 5.91 Å². The fourth-order valence-electron chi connectivity index (χ4n) is 2.88. The summed E-state index contributed by atoms with van der Waals surface area (Å²) in [6.07, 6.45) is 4.05. The Morgan fingerprint density at radius 1 is 1.32 bits per heavy atom. The summed E-state index contributed by atoms with van der Waals surface area (Å²) in [7, 11) is 1.97. The number of aromatic amines is 1. The average molecular weight is 410 g/mol. The van der Waals surface area contributed by atoms with Crippen LogP contribution in [0, 0.1) is 9.39 Å². The van der Waals surface area contributed by atoms with Crippen LogP contribution in [0.15, 0.2) is 24.5 Å². The van der Waals surface area contributed by atoms with Crippen molar-refractivity contribution in [2.24, 2.45) is 7.05 Å². The fraction of sp³-hybridized carbons (Fsp3) is 0.200. The van der Waals surface area contributed by atoms with Crippen LogP contribution in [0.4, 0.5) is 4.39 Å². The van der Waals surface area contributed by atoms with Gasteiger partial charge in [0.2, 0.25) is 0 Å². The zero-order valence-electron chi connectivity index (χ0n) is 11.7. The molecule has 1 aliphatic heterocycles. The van der Waals surface area contributed by atoms with E-state index in [0.29, 0.717) is 27.7 Å². The Kier molecular flexibility index (Phi) is 3.00. The number of H-pyrrole nitrogens is 1. The minimum Gasteiger partial charge on any atom is -0.357 e. The highest BCUT2D eigenvalue weighted by molar-refractivity contribution is 14.1. The number of carbonyl (C=O) groups excluding carboxylic acids is 1. The van der Waals surface area contributed by atoms with Crippen molar-refractivity contribution in [2.75, 3.05) is 0 Å². The lowest BCUT2D eigenvalue weighted by molar-refractivity contribution is 0.0740. The number of carbonyl (C=O) groups is 1. The zero-order chi connectivity index (χ0) is 15.4. The van der Waals surface area contributed by atoms with E-state index in [1.807, 2.05) is 46.6 Å². The number of hydrogen-bond acceptors (Lipinski definition) is 2. The predicted molar refractivity (Wildman–Crippen MR) is 87.8 cm³/mol. The van der Waals surface area contributed by atoms with Crippen LogP contribution in [0.2, 0.25) is 0 Å². The second-order valence-electron chi connectivity index (χ2n) is 5.50. The monoisotopic (exact) mass is 410 g/mol. The molecule has 3 heterocycles. The summed E-state index contributed by atoms with van der Waals surface area (Å²) in [5.74, 6) is -0.243. The smallest absolute Gasteiger partial charge is 0.290 e. The summed E-state index contributed by atoms with van der Waals surface area (Å²) in [5.41, 5.74) is 3.49. The Balaban J connectivity index is 1.66. The zero-order valence-corrected chi connectivity index (χ0v) is 13.9. The van der Waals surface area contributed by atoms with Gasteiger partial charge in [-0.3, -0.25) is 4.79 Å². The lowest BCUT2D eigenvalue weighted by Gasteiger charge is -2.13. The van der Waals surface area contributed by atoms with Gasteiger partial charge in [0.1, 0.15) is 11.3 Å². The van der Waals surface area contributed by atoms with E-state index < -0.39 is 0 Å². The van der Waals surface area contributed by atoms with Gasteiger partial charge in [-0.15, -0.1) is 0 Å². The minimum atomic E-state index is -0.339. The van der Waals surface area contributed by atoms with E-state index in [1.165, 1.54) is 12.1 Å². The van der Waals surface area contributed by atoms with Crippen molar-refractivity contribution in [3.63, 3.8) is 0 Å². The first-order valence-electron chi connectivity index (χ1n) is 6.79. The maximum Gasteiger partial charge on any atom is 0.290 e. The Hall–Kier alpha value is -1.90. The standard InChI is InChI=1S/C15H12FIN4O/c1-20-4-8-6-21(7-9(8)5-20)15(22)14-18-12-3-10(16)2-11(17)13(12)19-14/h2-5H,6-7H2,1H3,(H,18,19). The van der Waals surface area contributed by atoms with Crippen molar-refractivity contribution in [1.82, 2.24) is 19.4 Å². The number of nitrogens with zero attached hydrogens (tertiary/aromatic N) is 3. The number of aryl methyl sites for hydroxylation is 1. The van der Waals surface area contributed by atoms with Crippen LogP contribution >= 0.6 is 22.6 Å². The molecule has 7 heteroatoms. The van der Waals surface area contributed by atoms with E-state index in [1.54, 1.807) is 4.90 Å². The molecule has 1 aliphatic rings. The van der Waals surface area contributed by atoms with Gasteiger partial charge in [0.15, 0.2) is 5.82 Å². The predicted octanol–water partition coefficient (Wildman–Crippen LogP) is 2.80. The van der Waals surface area contributed by atoms with E-state index in [4.69, 9.17) is 0 Å². The van der Waals surface area contributed by atoms with Crippen molar-refractivity contribution in [3.8, 4) is 0 Å². The molecule has 1 aromatic carbocycles. The second kappa shape index (κ2) is 4.80. The minimum absolute atomic E-state index is 0.161. The number of benzene rings is 1. The molecule has 1 amide bonds. The number of imidazole rings is 1. The highest BCUT2D eigenvalue weighted by atomic mass is 127. The maximum absolute atomic E-state index is 13.4. The van der Waals surface area contributed by atoms with Gasteiger partial charge in [-0.2, -0.15) is 0 Å². The van der Waals surface area contributed by atoms with Crippen molar-refractivity contribution < 1.29 is 9.18 Å². The molecule has 0 spiro atoms. The molecule has 0 aliphatic carbocycles. The van der Waals surface area contributed by atoms with E-state index in [-0.39, 0.29) is 17.5 Å². The van der Waals surface area contributed by atoms with Gasteiger partial charge in [-0.05, 0) is 45.9 Å². The van der Waals surface area contributed by atoms with Crippen LogP contribution in [-0.2, 0) is 20.1 Å². The Bertz CT molecular complexity index is 890. The van der Waals surface area contributed by atoms with Crippen molar-refractivity contribution in [2.45, 2.75) is 13.1 Å². The van der Waals surface area contributed by atoms with E-state index in [9.17, 15) is 9.18 Å². The molecule has 3 aromatic rings. The number of halogens is 2. The van der Waals surface area contributed by atoms with Crippen LogP contribution in [0.1, 0.15) is 21.7 Å². The third kappa shape index (κ3) is 2.11. The van der Waals surface area contributed by atoms with Crippen molar-refractivity contribution >= 4 is 39.5 Å². The molecular weight excluding hydrogens is 398 g/mol. The number of nitrogens with one attached hydrogen (secondary N) is 1. The molecule has 0 atom stereocenters. The molecule has 2 aromatic heterocycles. The molecule has 5 nitrogen and oxygen atoms in total. The number of aromatic nitrogens is 3. The lowest BCUT2D eigenvalue weighted by atomic mass is 10.2. The molecule has 22 heavy (non-hydrogen) atoms. The summed E-state index contributed by atoms with van der Waals surface area (Å²) >= 11 is 2.02. The first-order chi connectivity index (χ1) is 10.5. The van der Waals surface area contributed by atoms with Gasteiger partial charge in [0, 0.05) is 36.1 Å². The van der Waals surface area contributed by atoms with Crippen molar-refractivity contribution in [1.29, 1.82) is 0 Å². The molecule has 0 fully saturated rings. The average Bonchev–Trinajstić information content (AvgIpc) is 3.09. The normalized spacial score (nSPS) is 13.9. The molecule has 4 rings (SSSR count). The third-order valence-corrected chi connectivity index (χ3v) is 4.67. The fourth-order valence-corrected chi connectivity index (χ4v) is 3.59. The number of rotatable bonds is 1. The number of fused-ring (bicyclic) bond motifs is 2. The quantitative estimate of drug-likeness (QED) is 0.628. The first-order valence-corrected chi connectivity index (χ1v) is 7.87. The van der Waals surface area contributed by atoms with Crippen LogP contribution < -0.4 is 0 Å². The summed E-state index contributed by atoms with van der Waals surface area (Å²) in [6.45, 7) is 1.16. The van der Waals surface area contributed by atoms with Gasteiger partial charge in [0.05, 0.1) is 5.52 Å². The van der Waals surface area contributed by atoms with E-state index in [2.05, 4.69) is 9.97 Å². The molecule has 0 bridgehead atoms. The molecule has 0 unspecified atom stereocenters. The highest BCUT2D eigenvalue weighted by Crippen LogP contribution is 2.26. The van der Waals surface area contributed by atoms with Crippen LogP contribution in [0.25, 0.3) is 11.0 Å². The maximum atomic E-state index is 13.4. The van der Waals surface area contributed by atoms with Crippen molar-refractivity contribution in [3.05, 3.63) is 50.9 Å². The summed E-state index contributed by atoms with van der Waals surface area (Å²) in [5, 5.41) is 0. The topological polar surface area (TPSA) is 53.9 Å². The van der Waals surface area contributed by atoms with Crippen LogP contribution in [0.5, 0.6) is 0 Å². The molecular formula is C15H12FIN4O. The first kappa shape index (κ1) is 13.7. The van der Waals surface area contributed by atoms with E-state index >= 15 is 0 Å². The largest absolute Gasteiger partial charge is 0.357 e. The molecule has 112 valence electrons. The second-order valence-corrected chi connectivity index (χ2v) is 6.67. The number of amides is 1. The van der Waals surface area contributed by atoms with Crippen LogP contribution in [-0.4, -0.2) is 25.3 Å². The molecule has 0 radical (unpaired) electrons. The summed E-state index contributed by atoms with van der Waals surface area (Å²) < 4.78 is 16.1. The Morgan fingerprint density at radius 3 is 2.68 bits per heavy atom. The molecule has 0 saturated heterocycles. The Labute approximate surface area is 139 Å². The third-order valence-electron chi connectivity index (χ3n) is 3.85. The number of hydrogen-bond donors (Lipinski definition) is 1. The Morgan fingerprint density at radius 2 is 2.00 bits per heavy atom. The van der Waals surface area contributed by atoms with Gasteiger partial charge in [-0.1, -0.05) is 0 Å². The van der Waals surface area contributed by atoms with Crippen LogP contribution in [0.3, 0.4) is 0 Å². The van der Waals surface area contributed by atoms with Gasteiger partial charge >= 0.3 is 0 Å². The molecule has 0 saturated carbocycles. The summed E-state index contributed by atoms with van der Waals surface area (Å²) in [4.78, 5) is 21.6. The van der Waals surface area contributed by atoms with Gasteiger partial charge in [-0.25, -0.2) is 9.37 Å². The highest BCUT2D eigenvalue weighted by Gasteiger charge is 2.27. The SMILES string of the molecule is Cn1cc2c(c1)CN(C(=O)c1nc3c(I)cc(F)cc3[nH]1)C2. The lowest BCUT2D eigenvalue weighted by Crippen LogP contribution is -2.26.